The number of hydrogen-bond donors (Lipinski definition) is 7. The molecule has 2 aliphatic carbocycles. The van der Waals surface area contributed by atoms with Crippen LogP contribution in [0.2, 0.25) is 0 Å². The largest absolute Gasteiger partial charge is 0.504 e. The number of benzene rings is 1. The Hall–Kier alpha value is -2.34. The number of likely N-dealkylation sites (N-methyl/N-ethyl adjacent to an activating group) is 1. The van der Waals surface area contributed by atoms with Gasteiger partial charge in [-0.1, -0.05) is 18.2 Å². The van der Waals surface area contributed by atoms with Crippen LogP contribution in [0.3, 0.4) is 0 Å². The Balaban J connectivity index is 0.000000540. The van der Waals surface area contributed by atoms with E-state index in [1.54, 1.807) is 6.07 Å². The first-order valence-electron chi connectivity index (χ1n) is 11.9. The van der Waals surface area contributed by atoms with Gasteiger partial charge in [0.05, 0.1) is 0 Å². The molecule has 0 saturated carbocycles. The van der Waals surface area contributed by atoms with Crippen molar-refractivity contribution in [1.29, 1.82) is 0 Å². The Kier molecular flexibility index (Phi) is 6.73. The highest BCUT2D eigenvalue weighted by molar-refractivity contribution is 7.79. The number of aliphatic hydroxyl groups is 3. The minimum absolute atomic E-state index is 0.0610. The summed E-state index contributed by atoms with van der Waals surface area (Å²) in [4.78, 5) is 13.8. The SMILES string of the molecule is CN1CC[C@]23c4c5ccc(O)c4O[C@H]2[C@@H](OC2O[C@H](C(=O)O)[C@@H](O)[C@H](O)[C@H]2O)C=C[C@H]3[C@H]1C5.O=S(=O)(O)O. The number of phenolic OH excluding ortho intramolecular Hbond substituents is 1. The lowest BCUT2D eigenvalue weighted by Gasteiger charge is -2.57. The maximum absolute atomic E-state index is 11.5. The molecule has 1 spiro atoms. The van der Waals surface area contributed by atoms with Gasteiger partial charge in [0, 0.05) is 22.9 Å². The Morgan fingerprint density at radius 2 is 1.82 bits per heavy atom. The van der Waals surface area contributed by atoms with E-state index in [1.165, 1.54) is 0 Å². The molecule has 7 N–H and O–H groups in total. The van der Waals surface area contributed by atoms with Gasteiger partial charge in [-0.05, 0) is 38.1 Å². The molecule has 1 aromatic carbocycles. The normalized spacial score (nSPS) is 40.9. The van der Waals surface area contributed by atoms with Crippen LogP contribution >= 0.6 is 0 Å². The first-order valence-corrected chi connectivity index (χ1v) is 13.3. The maximum atomic E-state index is 11.5. The summed E-state index contributed by atoms with van der Waals surface area (Å²) in [5.41, 5.74) is 1.69. The van der Waals surface area contributed by atoms with Crippen molar-refractivity contribution < 1.29 is 62.1 Å². The van der Waals surface area contributed by atoms with E-state index >= 15 is 0 Å². The molecule has 0 amide bonds. The highest BCUT2D eigenvalue weighted by Crippen LogP contribution is 2.62. The molecule has 5 aliphatic rings. The number of aliphatic carboxylic acids is 1. The third kappa shape index (κ3) is 4.27. The first-order chi connectivity index (χ1) is 17.7. The van der Waals surface area contributed by atoms with Crippen molar-refractivity contribution in [1.82, 2.24) is 4.90 Å². The zero-order chi connectivity index (χ0) is 27.7. The minimum Gasteiger partial charge on any atom is -0.504 e. The Morgan fingerprint density at radius 3 is 2.47 bits per heavy atom. The smallest absolute Gasteiger partial charge is 0.394 e. The molecule has 210 valence electrons. The van der Waals surface area contributed by atoms with Crippen molar-refractivity contribution in [2.75, 3.05) is 13.6 Å². The Bertz CT molecular complexity index is 1250. The van der Waals surface area contributed by atoms with Crippen LogP contribution in [0, 0.1) is 5.92 Å². The number of piperidine rings is 1. The average Bonchev–Trinajstić information content (AvgIpc) is 3.18. The quantitative estimate of drug-likeness (QED) is 0.165. The molecule has 38 heavy (non-hydrogen) atoms. The molecule has 6 rings (SSSR count). The average molecular weight is 560 g/mol. The summed E-state index contributed by atoms with van der Waals surface area (Å²) < 4.78 is 49.3. The van der Waals surface area contributed by atoms with Gasteiger partial charge in [-0.15, -0.1) is 0 Å². The van der Waals surface area contributed by atoms with Crippen molar-refractivity contribution in [2.24, 2.45) is 5.92 Å². The highest BCUT2D eigenvalue weighted by Gasteiger charge is 2.65. The van der Waals surface area contributed by atoms with Gasteiger partial charge < -0.3 is 44.6 Å². The van der Waals surface area contributed by atoms with Crippen molar-refractivity contribution in [2.45, 2.75) is 67.2 Å². The predicted molar refractivity (Wildman–Crippen MR) is 125 cm³/mol. The van der Waals surface area contributed by atoms with Crippen LogP contribution in [0.15, 0.2) is 24.3 Å². The van der Waals surface area contributed by atoms with Crippen LogP contribution < -0.4 is 4.74 Å². The van der Waals surface area contributed by atoms with Crippen molar-refractivity contribution in [3.05, 3.63) is 35.4 Å². The summed E-state index contributed by atoms with van der Waals surface area (Å²) in [6.45, 7) is 0.838. The van der Waals surface area contributed by atoms with E-state index in [0.29, 0.717) is 5.75 Å². The summed E-state index contributed by atoms with van der Waals surface area (Å²) in [5, 5.41) is 50.5. The van der Waals surface area contributed by atoms with Crippen molar-refractivity contribution in [3.63, 3.8) is 0 Å². The van der Waals surface area contributed by atoms with Crippen LogP contribution in [-0.4, -0.2) is 116 Å². The van der Waals surface area contributed by atoms with Gasteiger partial charge in [0.2, 0.25) is 0 Å². The Labute approximate surface area is 217 Å². The van der Waals surface area contributed by atoms with E-state index < -0.39 is 64.7 Å². The van der Waals surface area contributed by atoms with Gasteiger partial charge in [-0.3, -0.25) is 9.11 Å². The Morgan fingerprint density at radius 1 is 1.13 bits per heavy atom. The summed E-state index contributed by atoms with van der Waals surface area (Å²) in [6.07, 6.45) is -4.16. The monoisotopic (exact) mass is 559 g/mol. The standard InChI is InChI=1S/C23H27NO9.H2O4S/c1-24-7-6-23-10-3-5-13(31-22-17(28)15(26)16(27)19(33-22)21(29)30)20(23)32-18-12(25)4-2-9(14(18)23)8-11(10)24;1-5(2,3)4/h2-5,10-11,13,15-17,19-20,22,25-28H,6-8H2,1H3,(H,29,30);(H2,1,2,3,4)/t10-,11+,13-,15-,16-,17+,19-,20-,22?,23-;/m0./s1. The van der Waals surface area contributed by atoms with Crippen LogP contribution in [0.25, 0.3) is 0 Å². The lowest BCUT2D eigenvalue weighted by molar-refractivity contribution is -0.307. The molecule has 15 heteroatoms. The number of likely N-dealkylation sites (tertiary alicyclic amines) is 1. The molecular weight excluding hydrogens is 530 g/mol. The second-order valence-corrected chi connectivity index (χ2v) is 11.1. The van der Waals surface area contributed by atoms with Gasteiger partial charge in [0.25, 0.3) is 0 Å². The number of carboxylic acid groups (broad SMARTS) is 1. The number of nitrogens with zero attached hydrogens (tertiary/aromatic N) is 1. The molecule has 0 radical (unpaired) electrons. The third-order valence-corrected chi connectivity index (χ3v) is 8.23. The second kappa shape index (κ2) is 9.39. The van der Waals surface area contributed by atoms with Gasteiger partial charge in [0.15, 0.2) is 23.9 Å². The number of hydrogen-bond acceptors (Lipinski definition) is 11. The lowest BCUT2D eigenvalue weighted by atomic mass is 9.53. The van der Waals surface area contributed by atoms with E-state index in [1.807, 2.05) is 12.1 Å². The molecule has 3 heterocycles. The molecule has 1 unspecified atom stereocenters. The minimum atomic E-state index is -4.67. The molecule has 0 aromatic heterocycles. The fourth-order valence-corrected chi connectivity index (χ4v) is 6.66. The van der Waals surface area contributed by atoms with Gasteiger partial charge >= 0.3 is 16.4 Å². The van der Waals surface area contributed by atoms with Crippen molar-refractivity contribution >= 4 is 16.4 Å². The molecule has 1 aromatic rings. The third-order valence-electron chi connectivity index (χ3n) is 8.23. The van der Waals surface area contributed by atoms with E-state index in [0.717, 1.165) is 30.5 Å². The molecule has 2 fully saturated rings. The number of aromatic hydroxyl groups is 1. The maximum Gasteiger partial charge on any atom is 0.394 e. The fourth-order valence-electron chi connectivity index (χ4n) is 6.66. The van der Waals surface area contributed by atoms with E-state index in [2.05, 4.69) is 18.0 Å². The number of rotatable bonds is 3. The lowest BCUT2D eigenvalue weighted by Crippen LogP contribution is -2.66. The van der Waals surface area contributed by atoms with Crippen LogP contribution in [0.1, 0.15) is 17.5 Å². The second-order valence-electron chi connectivity index (χ2n) is 10.2. The molecule has 3 aliphatic heterocycles. The summed E-state index contributed by atoms with van der Waals surface area (Å²) in [7, 11) is -2.56. The molecular formula is C23H29NO13S. The number of phenols is 1. The number of ether oxygens (including phenoxy) is 3. The number of aliphatic hydroxyl groups excluding tert-OH is 3. The summed E-state index contributed by atoms with van der Waals surface area (Å²) in [6, 6.07) is 3.85. The first kappa shape index (κ1) is 27.2. The molecule has 2 bridgehead atoms. The van der Waals surface area contributed by atoms with E-state index in [4.69, 9.17) is 31.7 Å². The predicted octanol–water partition coefficient (Wildman–Crippen LogP) is -1.54. The highest BCUT2D eigenvalue weighted by atomic mass is 32.3. The van der Waals surface area contributed by atoms with Crippen LogP contribution in [-0.2, 0) is 36.5 Å². The van der Waals surface area contributed by atoms with Crippen molar-refractivity contribution in [3.8, 4) is 11.5 Å². The zero-order valence-corrected chi connectivity index (χ0v) is 20.9. The van der Waals surface area contributed by atoms with Gasteiger partial charge in [0.1, 0.15) is 30.5 Å². The van der Waals surface area contributed by atoms with Gasteiger partial charge in [-0.2, -0.15) is 8.42 Å². The number of carboxylic acids is 1. The van der Waals surface area contributed by atoms with Gasteiger partial charge in [-0.25, -0.2) is 4.79 Å². The summed E-state index contributed by atoms with van der Waals surface area (Å²) in [5.74, 6) is -0.824. The molecule has 14 nitrogen and oxygen atoms in total. The zero-order valence-electron chi connectivity index (χ0n) is 20.1. The molecule has 2 saturated heterocycles. The van der Waals surface area contributed by atoms with E-state index in [-0.39, 0.29) is 17.7 Å². The summed E-state index contributed by atoms with van der Waals surface area (Å²) >= 11 is 0. The van der Waals surface area contributed by atoms with Crippen LogP contribution in [0.4, 0.5) is 0 Å². The number of carbonyl (C=O) groups is 1. The van der Waals surface area contributed by atoms with E-state index in [9.17, 15) is 30.3 Å². The fraction of sp³-hybridized carbons (Fsp3) is 0.609. The molecule has 10 atom stereocenters. The van der Waals surface area contributed by atoms with Crippen LogP contribution in [0.5, 0.6) is 11.5 Å². The topological polar surface area (TPSA) is 224 Å².